The van der Waals surface area contributed by atoms with Crippen molar-refractivity contribution in [2.24, 2.45) is 0 Å². The molecule has 0 aliphatic carbocycles. The lowest BCUT2D eigenvalue weighted by Crippen LogP contribution is -2.60. The van der Waals surface area contributed by atoms with Crippen molar-refractivity contribution in [2.75, 3.05) is 12.9 Å². The number of fused-ring (bicyclic) bond motifs is 1. The van der Waals surface area contributed by atoms with E-state index in [0.29, 0.717) is 0 Å². The van der Waals surface area contributed by atoms with Crippen LogP contribution in [0.2, 0.25) is 0 Å². The molecule has 0 bridgehead atoms. The molecule has 2 fully saturated rings. The van der Waals surface area contributed by atoms with Gasteiger partial charge in [-0.15, -0.1) is 0 Å². The van der Waals surface area contributed by atoms with E-state index in [4.69, 9.17) is 14.6 Å². The molecule has 0 saturated carbocycles. The smallest absolute Gasteiger partial charge is 0.217 e. The lowest BCUT2D eigenvalue weighted by atomic mass is 10.0. The highest BCUT2D eigenvalue weighted by molar-refractivity contribution is 7.88. The Bertz CT molecular complexity index is 384. The summed E-state index contributed by atoms with van der Waals surface area (Å²) < 4.78 is 33.8. The maximum absolute atomic E-state index is 11.0. The Labute approximate surface area is 91.8 Å². The zero-order valence-corrected chi connectivity index (χ0v) is 9.22. The quantitative estimate of drug-likeness (QED) is 0.389. The second-order valence-electron chi connectivity index (χ2n) is 3.91. The number of nitrogens with one attached hydrogen (secondary N) is 1. The molecule has 2 aliphatic rings. The fraction of sp³-hybridized carbons (Fsp3) is 1.00. The van der Waals surface area contributed by atoms with Crippen LogP contribution in [-0.4, -0.2) is 66.9 Å². The van der Waals surface area contributed by atoms with Gasteiger partial charge in [0.15, 0.2) is 6.29 Å². The van der Waals surface area contributed by atoms with Gasteiger partial charge in [-0.1, -0.05) is 0 Å². The lowest BCUT2D eigenvalue weighted by Gasteiger charge is -2.32. The summed E-state index contributed by atoms with van der Waals surface area (Å²) in [5.74, 6) is -1.81. The molecule has 5 atom stereocenters. The average Bonchev–Trinajstić information content (AvgIpc) is 2.82. The number of ether oxygens (including phenoxy) is 2. The largest absolute Gasteiger partial charge is 0.394 e. The van der Waals surface area contributed by atoms with Crippen LogP contribution >= 0.6 is 0 Å². The molecule has 4 N–H and O–H groups in total. The number of hydrogen-bond donors (Lipinski definition) is 4. The third kappa shape index (κ3) is 1.95. The average molecular weight is 255 g/mol. The number of rotatable bonds is 3. The van der Waals surface area contributed by atoms with Crippen LogP contribution in [0.5, 0.6) is 0 Å². The van der Waals surface area contributed by atoms with Crippen LogP contribution in [0.25, 0.3) is 0 Å². The van der Waals surface area contributed by atoms with Gasteiger partial charge < -0.3 is 24.8 Å². The molecule has 2 saturated heterocycles. The van der Waals surface area contributed by atoms with Gasteiger partial charge in [-0.3, -0.25) is 0 Å². The standard InChI is InChI=1S/C7H13NO7S/c1-16(12,13)8-4-6(10)14-3(2-9)5-7(4,11)15-5/h3-6,8-11H,2H2,1H3/t3?,4-,5?,6?,7?/m1/s1. The Morgan fingerprint density at radius 3 is 2.62 bits per heavy atom. The van der Waals surface area contributed by atoms with Crippen molar-refractivity contribution >= 4 is 10.0 Å². The molecule has 0 aromatic carbocycles. The summed E-state index contributed by atoms with van der Waals surface area (Å²) in [5.41, 5.74) is 0. The molecule has 94 valence electrons. The number of hydrogen-bond acceptors (Lipinski definition) is 7. The Morgan fingerprint density at radius 2 is 2.12 bits per heavy atom. The molecular formula is C7H13NO7S. The molecule has 0 amide bonds. The van der Waals surface area contributed by atoms with E-state index in [1.165, 1.54) is 0 Å². The van der Waals surface area contributed by atoms with Crippen LogP contribution in [0, 0.1) is 0 Å². The molecule has 0 aromatic heterocycles. The predicted octanol–water partition coefficient (Wildman–Crippen LogP) is -3.30. The second kappa shape index (κ2) is 3.60. The monoisotopic (exact) mass is 255 g/mol. The third-order valence-corrected chi connectivity index (χ3v) is 3.25. The van der Waals surface area contributed by atoms with Gasteiger partial charge in [0.2, 0.25) is 15.8 Å². The summed E-state index contributed by atoms with van der Waals surface area (Å²) in [7, 11) is -3.62. The van der Waals surface area contributed by atoms with E-state index in [1.54, 1.807) is 0 Å². The van der Waals surface area contributed by atoms with Crippen molar-refractivity contribution in [3.05, 3.63) is 0 Å². The van der Waals surface area contributed by atoms with Crippen molar-refractivity contribution < 1.29 is 33.2 Å². The van der Waals surface area contributed by atoms with E-state index in [0.717, 1.165) is 6.26 Å². The molecule has 0 radical (unpaired) electrons. The van der Waals surface area contributed by atoms with Crippen LogP contribution in [0.1, 0.15) is 0 Å². The molecule has 2 rings (SSSR count). The molecular weight excluding hydrogens is 242 g/mol. The van der Waals surface area contributed by atoms with Gasteiger partial charge in [-0.05, 0) is 0 Å². The molecule has 2 aliphatic heterocycles. The number of aliphatic hydroxyl groups excluding tert-OH is 2. The lowest BCUT2D eigenvalue weighted by molar-refractivity contribution is -0.205. The molecule has 9 heteroatoms. The van der Waals surface area contributed by atoms with Crippen molar-refractivity contribution in [1.29, 1.82) is 0 Å². The van der Waals surface area contributed by atoms with Gasteiger partial charge in [-0.25, -0.2) is 13.1 Å². The van der Waals surface area contributed by atoms with E-state index >= 15 is 0 Å². The minimum Gasteiger partial charge on any atom is -0.394 e. The van der Waals surface area contributed by atoms with E-state index in [2.05, 4.69) is 0 Å². The van der Waals surface area contributed by atoms with Gasteiger partial charge in [0.25, 0.3) is 0 Å². The van der Waals surface area contributed by atoms with Crippen LogP contribution in [-0.2, 0) is 19.5 Å². The summed E-state index contributed by atoms with van der Waals surface area (Å²) in [6.45, 7) is -0.435. The van der Waals surface area contributed by atoms with Crippen molar-refractivity contribution in [2.45, 2.75) is 30.3 Å². The Morgan fingerprint density at radius 1 is 1.50 bits per heavy atom. The van der Waals surface area contributed by atoms with E-state index < -0.39 is 47.0 Å². The summed E-state index contributed by atoms with van der Waals surface area (Å²) in [4.78, 5) is 0. The van der Waals surface area contributed by atoms with Gasteiger partial charge in [0, 0.05) is 0 Å². The van der Waals surface area contributed by atoms with Crippen molar-refractivity contribution in [3.63, 3.8) is 0 Å². The minimum absolute atomic E-state index is 0.435. The maximum Gasteiger partial charge on any atom is 0.217 e. The first-order valence-corrected chi connectivity index (χ1v) is 6.49. The molecule has 2 heterocycles. The molecule has 8 nitrogen and oxygen atoms in total. The zero-order valence-electron chi connectivity index (χ0n) is 8.40. The maximum atomic E-state index is 11.0. The van der Waals surface area contributed by atoms with Crippen molar-refractivity contribution in [1.82, 2.24) is 4.72 Å². The molecule has 0 spiro atoms. The first-order chi connectivity index (χ1) is 7.28. The van der Waals surface area contributed by atoms with E-state index in [9.17, 15) is 18.6 Å². The SMILES string of the molecule is CS(=O)(=O)N[C@@H]1C(O)OC(CO)C2OC21O. The number of sulfonamides is 1. The van der Waals surface area contributed by atoms with Crippen molar-refractivity contribution in [3.8, 4) is 0 Å². The van der Waals surface area contributed by atoms with Gasteiger partial charge in [-0.2, -0.15) is 0 Å². The Hall–Kier alpha value is -0.290. The van der Waals surface area contributed by atoms with Crippen LogP contribution in [0.4, 0.5) is 0 Å². The first kappa shape index (κ1) is 12.2. The normalized spacial score (nSPS) is 47.5. The molecule has 0 aromatic rings. The van der Waals surface area contributed by atoms with E-state index in [-0.39, 0.29) is 0 Å². The highest BCUT2D eigenvalue weighted by Gasteiger charge is 2.70. The van der Waals surface area contributed by atoms with Gasteiger partial charge >= 0.3 is 0 Å². The molecule has 4 unspecified atom stereocenters. The van der Waals surface area contributed by atoms with E-state index in [1.807, 2.05) is 4.72 Å². The fourth-order valence-corrected chi connectivity index (χ4v) is 2.55. The Kier molecular flexibility index (Phi) is 2.74. The summed E-state index contributed by atoms with van der Waals surface area (Å²) in [6.07, 6.45) is -2.38. The van der Waals surface area contributed by atoms with Crippen LogP contribution in [0.3, 0.4) is 0 Å². The highest BCUT2D eigenvalue weighted by Crippen LogP contribution is 2.45. The minimum atomic E-state index is -3.62. The summed E-state index contributed by atoms with van der Waals surface area (Å²) in [5, 5.41) is 28.2. The summed E-state index contributed by atoms with van der Waals surface area (Å²) in [6, 6.07) is -1.30. The zero-order chi connectivity index (χ0) is 12.1. The summed E-state index contributed by atoms with van der Waals surface area (Å²) >= 11 is 0. The Balaban J connectivity index is 2.16. The van der Waals surface area contributed by atoms with Crippen LogP contribution in [0.15, 0.2) is 0 Å². The highest BCUT2D eigenvalue weighted by atomic mass is 32.2. The van der Waals surface area contributed by atoms with Gasteiger partial charge in [0.05, 0.1) is 12.9 Å². The van der Waals surface area contributed by atoms with Gasteiger partial charge in [0.1, 0.15) is 18.2 Å². The second-order valence-corrected chi connectivity index (χ2v) is 5.69. The number of epoxide rings is 1. The predicted molar refractivity (Wildman–Crippen MR) is 49.6 cm³/mol. The topological polar surface area (TPSA) is 129 Å². The first-order valence-electron chi connectivity index (χ1n) is 4.60. The molecule has 16 heavy (non-hydrogen) atoms. The van der Waals surface area contributed by atoms with Crippen LogP contribution < -0.4 is 4.72 Å². The number of aliphatic hydroxyl groups is 3. The third-order valence-electron chi connectivity index (χ3n) is 2.57. The fourth-order valence-electron chi connectivity index (χ4n) is 1.81.